The number of methoxy groups -OCH3 is 1. The molecule has 0 radical (unpaired) electrons. The molecule has 0 fully saturated rings. The van der Waals surface area contributed by atoms with Crippen molar-refractivity contribution in [2.75, 3.05) is 7.11 Å². The molecule has 0 unspecified atom stereocenters. The second kappa shape index (κ2) is 8.47. The molecule has 29 heavy (non-hydrogen) atoms. The van der Waals surface area contributed by atoms with Gasteiger partial charge in [0.25, 0.3) is 0 Å². The molecule has 1 heterocycles. The quantitative estimate of drug-likeness (QED) is 0.370. The predicted octanol–water partition coefficient (Wildman–Crippen LogP) is 6.60. The number of nitrogens with zero attached hydrogens (tertiary/aromatic N) is 2. The van der Waals surface area contributed by atoms with Crippen LogP contribution in [0.2, 0.25) is 5.02 Å². The fourth-order valence-electron chi connectivity index (χ4n) is 2.89. The lowest BCUT2D eigenvalue weighted by Gasteiger charge is -2.04. The summed E-state index contributed by atoms with van der Waals surface area (Å²) in [7, 11) is 1.52. The van der Waals surface area contributed by atoms with E-state index in [0.29, 0.717) is 21.5 Å². The Morgan fingerprint density at radius 3 is 2.45 bits per heavy atom. The minimum atomic E-state index is 0.0523. The Morgan fingerprint density at radius 1 is 0.966 bits per heavy atom. The van der Waals surface area contributed by atoms with Gasteiger partial charge in [0.05, 0.1) is 17.7 Å². The van der Waals surface area contributed by atoms with Gasteiger partial charge in [0.15, 0.2) is 11.5 Å². The van der Waals surface area contributed by atoms with Crippen LogP contribution in [0.5, 0.6) is 11.5 Å². The van der Waals surface area contributed by atoms with Gasteiger partial charge < -0.3 is 9.84 Å². The highest BCUT2D eigenvalue weighted by molar-refractivity contribution is 7.19. The maximum atomic E-state index is 10.3. The SMILES string of the molecule is COc1cccc(C=Nc2nc(-c3ccc(Cl)cc3)c(-c3ccccc3)s2)c1O. The second-order valence-corrected chi connectivity index (χ2v) is 7.62. The minimum Gasteiger partial charge on any atom is -0.504 e. The van der Waals surface area contributed by atoms with Gasteiger partial charge in [0.2, 0.25) is 5.13 Å². The van der Waals surface area contributed by atoms with E-state index < -0.39 is 0 Å². The standard InChI is InChI=1S/C23H17ClN2O2S/c1-28-19-9-5-8-17(21(19)27)14-25-23-26-20(15-10-12-18(24)13-11-15)22(29-23)16-6-3-2-4-7-16/h2-14,27H,1H3. The summed E-state index contributed by atoms with van der Waals surface area (Å²) in [4.78, 5) is 10.3. The van der Waals surface area contributed by atoms with Crippen molar-refractivity contribution in [1.82, 2.24) is 4.98 Å². The lowest BCUT2D eigenvalue weighted by Crippen LogP contribution is -1.88. The van der Waals surface area contributed by atoms with Gasteiger partial charge in [-0.1, -0.05) is 71.5 Å². The van der Waals surface area contributed by atoms with Gasteiger partial charge in [-0.15, -0.1) is 0 Å². The first-order valence-electron chi connectivity index (χ1n) is 8.88. The van der Waals surface area contributed by atoms with E-state index in [-0.39, 0.29) is 5.75 Å². The topological polar surface area (TPSA) is 54.7 Å². The van der Waals surface area contributed by atoms with Crippen LogP contribution in [0.3, 0.4) is 0 Å². The Bertz CT molecular complexity index is 1160. The zero-order valence-electron chi connectivity index (χ0n) is 15.5. The van der Waals surface area contributed by atoms with Crippen molar-refractivity contribution in [3.05, 3.63) is 83.4 Å². The number of aromatic nitrogens is 1. The summed E-state index contributed by atoms with van der Waals surface area (Å²) in [5.41, 5.74) is 3.45. The minimum absolute atomic E-state index is 0.0523. The molecule has 0 aliphatic heterocycles. The second-order valence-electron chi connectivity index (χ2n) is 6.20. The molecule has 0 bridgehead atoms. The van der Waals surface area contributed by atoms with E-state index in [1.54, 1.807) is 24.4 Å². The largest absolute Gasteiger partial charge is 0.504 e. The summed E-state index contributed by atoms with van der Waals surface area (Å²) in [6, 6.07) is 22.9. The van der Waals surface area contributed by atoms with E-state index in [1.807, 2.05) is 54.6 Å². The molecule has 0 aliphatic rings. The zero-order valence-corrected chi connectivity index (χ0v) is 17.1. The summed E-state index contributed by atoms with van der Waals surface area (Å²) in [5.74, 6) is 0.455. The maximum absolute atomic E-state index is 10.3. The summed E-state index contributed by atoms with van der Waals surface area (Å²) < 4.78 is 5.15. The fraction of sp³-hybridized carbons (Fsp3) is 0.0435. The smallest absolute Gasteiger partial charge is 0.210 e. The van der Waals surface area contributed by atoms with Crippen LogP contribution >= 0.6 is 22.9 Å². The Morgan fingerprint density at radius 2 is 1.72 bits per heavy atom. The predicted molar refractivity (Wildman–Crippen MR) is 120 cm³/mol. The molecule has 1 aromatic heterocycles. The van der Waals surface area contributed by atoms with Crippen LogP contribution in [-0.2, 0) is 0 Å². The molecule has 1 N–H and O–H groups in total. The van der Waals surface area contributed by atoms with Crippen molar-refractivity contribution in [1.29, 1.82) is 0 Å². The van der Waals surface area contributed by atoms with Gasteiger partial charge in [-0.25, -0.2) is 9.98 Å². The highest BCUT2D eigenvalue weighted by atomic mass is 35.5. The lowest BCUT2D eigenvalue weighted by atomic mass is 10.1. The number of phenols is 1. The first kappa shape index (κ1) is 19.2. The van der Waals surface area contributed by atoms with Crippen molar-refractivity contribution in [3.8, 4) is 33.2 Å². The number of halogens is 1. The number of rotatable bonds is 5. The van der Waals surface area contributed by atoms with E-state index >= 15 is 0 Å². The fourth-order valence-corrected chi connectivity index (χ4v) is 3.95. The number of benzene rings is 3. The molecular weight excluding hydrogens is 404 g/mol. The molecule has 3 aromatic carbocycles. The van der Waals surface area contributed by atoms with E-state index in [1.165, 1.54) is 18.4 Å². The van der Waals surface area contributed by atoms with Crippen LogP contribution in [0, 0.1) is 0 Å². The molecule has 0 aliphatic carbocycles. The molecule has 0 saturated carbocycles. The highest BCUT2D eigenvalue weighted by Gasteiger charge is 2.15. The van der Waals surface area contributed by atoms with Crippen molar-refractivity contribution in [3.63, 3.8) is 0 Å². The Kier molecular flexibility index (Phi) is 5.60. The van der Waals surface area contributed by atoms with Crippen LogP contribution in [0.1, 0.15) is 5.56 Å². The Balaban J connectivity index is 1.76. The van der Waals surface area contributed by atoms with Crippen molar-refractivity contribution >= 4 is 34.3 Å². The van der Waals surface area contributed by atoms with Crippen LogP contribution in [0.15, 0.2) is 77.8 Å². The average molecular weight is 421 g/mol. The highest BCUT2D eigenvalue weighted by Crippen LogP contribution is 2.40. The van der Waals surface area contributed by atoms with Gasteiger partial charge in [-0.3, -0.25) is 0 Å². The summed E-state index contributed by atoms with van der Waals surface area (Å²) in [6.07, 6.45) is 1.59. The summed E-state index contributed by atoms with van der Waals surface area (Å²) in [6.45, 7) is 0. The van der Waals surface area contributed by atoms with Crippen molar-refractivity contribution in [2.45, 2.75) is 0 Å². The zero-order chi connectivity index (χ0) is 20.2. The Hall–Kier alpha value is -3.15. The number of ether oxygens (including phenoxy) is 1. The molecular formula is C23H17ClN2O2S. The van der Waals surface area contributed by atoms with Crippen LogP contribution in [0.4, 0.5) is 5.13 Å². The number of thiazole rings is 1. The molecule has 0 atom stereocenters. The molecule has 0 amide bonds. The van der Waals surface area contributed by atoms with E-state index in [9.17, 15) is 5.11 Å². The molecule has 4 nitrogen and oxygen atoms in total. The molecule has 4 aromatic rings. The van der Waals surface area contributed by atoms with Crippen LogP contribution in [-0.4, -0.2) is 23.4 Å². The van der Waals surface area contributed by atoms with Gasteiger partial charge >= 0.3 is 0 Å². The number of hydrogen-bond donors (Lipinski definition) is 1. The number of aliphatic imine (C=N–C) groups is 1. The first-order valence-corrected chi connectivity index (χ1v) is 10.1. The van der Waals surface area contributed by atoms with Crippen molar-refractivity contribution < 1.29 is 9.84 Å². The Labute approximate surface area is 177 Å². The van der Waals surface area contributed by atoms with Crippen LogP contribution in [0.25, 0.3) is 21.7 Å². The van der Waals surface area contributed by atoms with E-state index in [0.717, 1.165) is 21.7 Å². The molecule has 0 saturated heterocycles. The third-order valence-corrected chi connectivity index (χ3v) is 5.60. The summed E-state index contributed by atoms with van der Waals surface area (Å²) >= 11 is 7.53. The number of para-hydroxylation sites is 1. The van der Waals surface area contributed by atoms with E-state index in [4.69, 9.17) is 21.3 Å². The third kappa shape index (κ3) is 4.16. The molecule has 0 spiro atoms. The van der Waals surface area contributed by atoms with Crippen molar-refractivity contribution in [2.24, 2.45) is 4.99 Å². The molecule has 144 valence electrons. The van der Waals surface area contributed by atoms with Gasteiger partial charge in [-0.2, -0.15) is 0 Å². The number of phenolic OH excluding ortho intramolecular Hbond substituents is 1. The van der Waals surface area contributed by atoms with E-state index in [2.05, 4.69) is 4.99 Å². The third-order valence-electron chi connectivity index (χ3n) is 4.33. The lowest BCUT2D eigenvalue weighted by molar-refractivity contribution is 0.373. The monoisotopic (exact) mass is 420 g/mol. The number of aromatic hydroxyl groups is 1. The summed E-state index contributed by atoms with van der Waals surface area (Å²) in [5, 5.41) is 11.5. The maximum Gasteiger partial charge on any atom is 0.210 e. The average Bonchev–Trinajstić information content (AvgIpc) is 3.18. The van der Waals surface area contributed by atoms with Crippen LogP contribution < -0.4 is 4.74 Å². The molecule has 4 rings (SSSR count). The normalized spacial score (nSPS) is 11.1. The van der Waals surface area contributed by atoms with Gasteiger partial charge in [-0.05, 0) is 29.8 Å². The number of hydrogen-bond acceptors (Lipinski definition) is 5. The van der Waals surface area contributed by atoms with Gasteiger partial charge in [0, 0.05) is 22.4 Å². The van der Waals surface area contributed by atoms with Gasteiger partial charge in [0.1, 0.15) is 0 Å². The molecule has 6 heteroatoms. The first-order chi connectivity index (χ1) is 14.2.